The van der Waals surface area contributed by atoms with Gasteiger partial charge in [0.1, 0.15) is 0 Å². The number of benzene rings is 1. The van der Waals surface area contributed by atoms with Gasteiger partial charge in [-0.25, -0.2) is 8.42 Å². The van der Waals surface area contributed by atoms with Crippen LogP contribution in [-0.4, -0.2) is 67.7 Å². The number of nitrogens with zero attached hydrogens (tertiary/aromatic N) is 2. The van der Waals surface area contributed by atoms with Gasteiger partial charge < -0.3 is 9.80 Å². The van der Waals surface area contributed by atoms with E-state index in [0.29, 0.717) is 32.6 Å². The molecule has 26 heavy (non-hydrogen) atoms. The molecule has 2 heterocycles. The standard InChI is InChI=1S/C19H24N2O4S/c1-15(16-5-3-2-4-6-16)13-18(22)20-8-10-21(11-9-20)19(23)17-7-12-26(24,25)14-17/h2-6,13,17H,7-12,14H2,1H3/b15-13-/t17-/m1/s1. The van der Waals surface area contributed by atoms with Gasteiger partial charge in [-0.15, -0.1) is 0 Å². The van der Waals surface area contributed by atoms with E-state index in [9.17, 15) is 18.0 Å². The van der Waals surface area contributed by atoms with Gasteiger partial charge >= 0.3 is 0 Å². The van der Waals surface area contributed by atoms with E-state index in [-0.39, 0.29) is 23.3 Å². The lowest BCUT2D eigenvalue weighted by Crippen LogP contribution is -2.51. The Hall–Kier alpha value is -2.15. The molecule has 0 aromatic heterocycles. The Morgan fingerprint density at radius 2 is 1.65 bits per heavy atom. The lowest BCUT2D eigenvalue weighted by Gasteiger charge is -2.35. The van der Waals surface area contributed by atoms with Crippen LogP contribution in [-0.2, 0) is 19.4 Å². The maximum atomic E-state index is 12.5. The van der Waals surface area contributed by atoms with E-state index < -0.39 is 15.8 Å². The molecule has 3 rings (SSSR count). The van der Waals surface area contributed by atoms with Crippen molar-refractivity contribution in [3.63, 3.8) is 0 Å². The van der Waals surface area contributed by atoms with E-state index in [1.54, 1.807) is 15.9 Å². The van der Waals surface area contributed by atoms with Crippen molar-refractivity contribution in [3.8, 4) is 0 Å². The predicted octanol–water partition coefficient (Wildman–Crippen LogP) is 1.20. The molecule has 6 nitrogen and oxygen atoms in total. The van der Waals surface area contributed by atoms with Crippen LogP contribution in [0.1, 0.15) is 18.9 Å². The molecule has 0 aliphatic carbocycles. The molecule has 0 unspecified atom stereocenters. The Morgan fingerprint density at radius 3 is 2.23 bits per heavy atom. The Morgan fingerprint density at radius 1 is 1.04 bits per heavy atom. The van der Waals surface area contributed by atoms with Crippen molar-refractivity contribution < 1.29 is 18.0 Å². The predicted molar refractivity (Wildman–Crippen MR) is 100 cm³/mol. The van der Waals surface area contributed by atoms with Crippen LogP contribution in [0.25, 0.3) is 5.57 Å². The highest BCUT2D eigenvalue weighted by Crippen LogP contribution is 2.21. The van der Waals surface area contributed by atoms with E-state index in [0.717, 1.165) is 11.1 Å². The van der Waals surface area contributed by atoms with E-state index in [1.807, 2.05) is 37.3 Å². The van der Waals surface area contributed by atoms with Crippen LogP contribution in [0.15, 0.2) is 36.4 Å². The molecular formula is C19H24N2O4S. The zero-order valence-corrected chi connectivity index (χ0v) is 15.7. The summed E-state index contributed by atoms with van der Waals surface area (Å²) in [7, 11) is -3.06. The molecule has 140 valence electrons. The molecule has 0 saturated carbocycles. The first kappa shape index (κ1) is 18.6. The van der Waals surface area contributed by atoms with Gasteiger partial charge in [-0.05, 0) is 24.5 Å². The third-order valence-electron chi connectivity index (χ3n) is 5.05. The molecule has 7 heteroatoms. The first-order chi connectivity index (χ1) is 12.4. The minimum absolute atomic E-state index is 0.0377. The van der Waals surface area contributed by atoms with Gasteiger partial charge in [0.25, 0.3) is 0 Å². The number of sulfone groups is 1. The lowest BCUT2D eigenvalue weighted by molar-refractivity contribution is -0.139. The summed E-state index contributed by atoms with van der Waals surface area (Å²) in [4.78, 5) is 28.4. The zero-order valence-electron chi connectivity index (χ0n) is 14.9. The van der Waals surface area contributed by atoms with Gasteiger partial charge in [-0.1, -0.05) is 30.3 Å². The molecule has 0 spiro atoms. The lowest BCUT2D eigenvalue weighted by atomic mass is 10.1. The van der Waals surface area contributed by atoms with Gasteiger partial charge in [0.05, 0.1) is 17.4 Å². The average molecular weight is 376 g/mol. The monoisotopic (exact) mass is 376 g/mol. The van der Waals surface area contributed by atoms with E-state index >= 15 is 0 Å². The molecule has 0 N–H and O–H groups in total. The second kappa shape index (κ2) is 7.61. The summed E-state index contributed by atoms with van der Waals surface area (Å²) in [5.41, 5.74) is 1.92. The van der Waals surface area contributed by atoms with Crippen LogP contribution in [0.2, 0.25) is 0 Å². The van der Waals surface area contributed by atoms with Crippen LogP contribution in [0.3, 0.4) is 0 Å². The minimum atomic E-state index is -3.06. The largest absolute Gasteiger partial charge is 0.339 e. The number of allylic oxidation sites excluding steroid dienone is 1. The van der Waals surface area contributed by atoms with Gasteiger partial charge in [0, 0.05) is 32.3 Å². The van der Waals surface area contributed by atoms with E-state index in [4.69, 9.17) is 0 Å². The molecule has 0 bridgehead atoms. The summed E-state index contributed by atoms with van der Waals surface area (Å²) in [6.45, 7) is 3.78. The van der Waals surface area contributed by atoms with Crippen LogP contribution < -0.4 is 0 Å². The van der Waals surface area contributed by atoms with Crippen molar-refractivity contribution in [2.24, 2.45) is 5.92 Å². The van der Waals surface area contributed by atoms with E-state index in [2.05, 4.69) is 0 Å². The van der Waals surface area contributed by atoms with Crippen molar-refractivity contribution in [2.75, 3.05) is 37.7 Å². The summed E-state index contributed by atoms with van der Waals surface area (Å²) in [5.74, 6) is -0.492. The molecule has 2 aliphatic rings. The fourth-order valence-corrected chi connectivity index (χ4v) is 5.19. The minimum Gasteiger partial charge on any atom is -0.339 e. The summed E-state index contributed by atoms with van der Waals surface area (Å²) in [6.07, 6.45) is 2.05. The Labute approximate surface area is 154 Å². The fourth-order valence-electron chi connectivity index (χ4n) is 3.46. The molecule has 0 radical (unpaired) electrons. The van der Waals surface area contributed by atoms with Crippen molar-refractivity contribution in [1.29, 1.82) is 0 Å². The maximum absolute atomic E-state index is 12.5. The third-order valence-corrected chi connectivity index (χ3v) is 6.82. The van der Waals surface area contributed by atoms with Gasteiger partial charge in [0.15, 0.2) is 9.84 Å². The Balaban J connectivity index is 1.55. The quantitative estimate of drug-likeness (QED) is 0.743. The highest BCUT2D eigenvalue weighted by Gasteiger charge is 2.36. The highest BCUT2D eigenvalue weighted by atomic mass is 32.2. The number of hydrogen-bond donors (Lipinski definition) is 0. The molecule has 1 aromatic carbocycles. The summed E-state index contributed by atoms with van der Waals surface area (Å²) in [5, 5.41) is 0. The normalized spacial score (nSPS) is 23.1. The highest BCUT2D eigenvalue weighted by molar-refractivity contribution is 7.91. The van der Waals surface area contributed by atoms with Crippen LogP contribution in [0.4, 0.5) is 0 Å². The van der Waals surface area contributed by atoms with Gasteiger partial charge in [0.2, 0.25) is 11.8 Å². The molecular weight excluding hydrogens is 352 g/mol. The zero-order chi connectivity index (χ0) is 18.7. The van der Waals surface area contributed by atoms with Crippen molar-refractivity contribution in [3.05, 3.63) is 42.0 Å². The van der Waals surface area contributed by atoms with Gasteiger partial charge in [-0.3, -0.25) is 9.59 Å². The number of carbonyl (C=O) groups excluding carboxylic acids is 2. The first-order valence-corrected chi connectivity index (χ1v) is 10.7. The average Bonchev–Trinajstić information content (AvgIpc) is 3.01. The molecule has 2 fully saturated rings. The van der Waals surface area contributed by atoms with Crippen LogP contribution in [0.5, 0.6) is 0 Å². The molecule has 2 aliphatic heterocycles. The number of hydrogen-bond acceptors (Lipinski definition) is 4. The van der Waals surface area contributed by atoms with E-state index in [1.165, 1.54) is 0 Å². The van der Waals surface area contributed by atoms with Crippen molar-refractivity contribution in [2.45, 2.75) is 13.3 Å². The second-order valence-corrected chi connectivity index (χ2v) is 9.17. The summed E-state index contributed by atoms with van der Waals surface area (Å²) >= 11 is 0. The van der Waals surface area contributed by atoms with Crippen molar-refractivity contribution >= 4 is 27.2 Å². The van der Waals surface area contributed by atoms with Gasteiger partial charge in [-0.2, -0.15) is 0 Å². The van der Waals surface area contributed by atoms with Crippen LogP contribution >= 0.6 is 0 Å². The number of carbonyl (C=O) groups is 2. The first-order valence-electron chi connectivity index (χ1n) is 8.87. The molecule has 1 aromatic rings. The van der Waals surface area contributed by atoms with Crippen molar-refractivity contribution in [1.82, 2.24) is 9.80 Å². The third kappa shape index (κ3) is 4.33. The Bertz CT molecular complexity index is 809. The number of amides is 2. The number of piperazine rings is 1. The number of rotatable bonds is 3. The molecule has 1 atom stereocenters. The second-order valence-electron chi connectivity index (χ2n) is 6.94. The molecule has 2 amide bonds. The summed E-state index contributed by atoms with van der Waals surface area (Å²) < 4.78 is 23.1. The summed E-state index contributed by atoms with van der Waals surface area (Å²) in [6, 6.07) is 9.73. The van der Waals surface area contributed by atoms with Crippen LogP contribution in [0, 0.1) is 5.92 Å². The smallest absolute Gasteiger partial charge is 0.246 e. The maximum Gasteiger partial charge on any atom is 0.246 e. The topological polar surface area (TPSA) is 74.8 Å². The Kier molecular flexibility index (Phi) is 5.46. The fraction of sp³-hybridized carbons (Fsp3) is 0.474. The SMILES string of the molecule is C/C(=C/C(=O)N1CCN(C(=O)[C@@H]2CCS(=O)(=O)C2)CC1)c1ccccc1. The molecule has 2 saturated heterocycles.